The van der Waals surface area contributed by atoms with E-state index in [9.17, 15) is 4.79 Å². The normalized spacial score (nSPS) is 10.2. The fourth-order valence-electron chi connectivity index (χ4n) is 1.60. The molecule has 0 aliphatic carbocycles. The van der Waals surface area contributed by atoms with E-state index in [2.05, 4.69) is 22.2 Å². The number of nitrogens with one attached hydrogen (secondary N) is 1. The zero-order chi connectivity index (χ0) is 15.1. The number of rotatable bonds is 6. The highest BCUT2D eigenvalue weighted by Gasteiger charge is 2.07. The Hall–Kier alpha value is -2.14. The number of carbonyl (C=O) groups excluding carboxylic acids is 1. The Morgan fingerprint density at radius 2 is 2.00 bits per heavy atom. The number of hydrogen-bond donors (Lipinski definition) is 1. The fourth-order valence-corrected chi connectivity index (χ4v) is 1.70. The van der Waals surface area contributed by atoms with E-state index in [1.54, 1.807) is 24.3 Å². The molecule has 2 rings (SSSR count). The summed E-state index contributed by atoms with van der Waals surface area (Å²) in [6.07, 6.45) is 4.88. The number of anilines is 1. The quantitative estimate of drug-likeness (QED) is 0.829. The van der Waals surface area contributed by atoms with Gasteiger partial charge in [0.1, 0.15) is 10.9 Å². The molecule has 0 fully saturated rings. The van der Waals surface area contributed by atoms with Crippen LogP contribution in [0.15, 0.2) is 36.7 Å². The van der Waals surface area contributed by atoms with E-state index in [1.165, 1.54) is 12.4 Å². The van der Waals surface area contributed by atoms with Crippen LogP contribution in [0.5, 0.6) is 5.75 Å². The van der Waals surface area contributed by atoms with Crippen LogP contribution in [0.25, 0.3) is 0 Å². The lowest BCUT2D eigenvalue weighted by atomic mass is 10.2. The third kappa shape index (κ3) is 4.72. The third-order valence-electron chi connectivity index (χ3n) is 2.75. The number of hydrogen-bond acceptors (Lipinski definition) is 4. The summed E-state index contributed by atoms with van der Waals surface area (Å²) in [4.78, 5) is 19.8. The maximum absolute atomic E-state index is 12.0. The van der Waals surface area contributed by atoms with E-state index in [0.717, 1.165) is 18.6 Å². The second-order valence-corrected chi connectivity index (χ2v) is 4.79. The van der Waals surface area contributed by atoms with Crippen LogP contribution in [0, 0.1) is 0 Å². The molecule has 0 bridgehead atoms. The highest BCUT2D eigenvalue weighted by atomic mass is 35.5. The molecular formula is C15H16ClN3O2. The molecule has 6 heteroatoms. The lowest BCUT2D eigenvalue weighted by Crippen LogP contribution is -2.13. The molecule has 0 aliphatic rings. The van der Waals surface area contributed by atoms with Gasteiger partial charge in [-0.05, 0) is 30.7 Å². The molecule has 0 saturated carbocycles. The number of ether oxygens (including phenoxy) is 1. The van der Waals surface area contributed by atoms with E-state index >= 15 is 0 Å². The maximum Gasteiger partial charge on any atom is 0.256 e. The summed E-state index contributed by atoms with van der Waals surface area (Å²) in [5.74, 6) is 0.852. The topological polar surface area (TPSA) is 64.1 Å². The van der Waals surface area contributed by atoms with Crippen molar-refractivity contribution in [1.82, 2.24) is 9.97 Å². The molecule has 110 valence electrons. The minimum atomic E-state index is -0.258. The van der Waals surface area contributed by atoms with Gasteiger partial charge in [0.15, 0.2) is 5.82 Å². The van der Waals surface area contributed by atoms with Crippen LogP contribution in [0.1, 0.15) is 30.1 Å². The summed E-state index contributed by atoms with van der Waals surface area (Å²) in [7, 11) is 0. The molecule has 0 spiro atoms. The van der Waals surface area contributed by atoms with Crippen LogP contribution in [-0.4, -0.2) is 22.5 Å². The molecule has 21 heavy (non-hydrogen) atoms. The molecule has 0 aliphatic heterocycles. The van der Waals surface area contributed by atoms with Crippen LogP contribution < -0.4 is 10.1 Å². The Morgan fingerprint density at radius 3 is 2.62 bits per heavy atom. The number of amides is 1. The molecular weight excluding hydrogens is 290 g/mol. The lowest BCUT2D eigenvalue weighted by molar-refractivity contribution is 0.102. The van der Waals surface area contributed by atoms with Crippen molar-refractivity contribution in [2.45, 2.75) is 19.8 Å². The Bertz CT molecular complexity index is 585. The summed E-state index contributed by atoms with van der Waals surface area (Å²) in [6, 6.07) is 6.97. The van der Waals surface area contributed by atoms with Crippen LogP contribution in [-0.2, 0) is 0 Å². The smallest absolute Gasteiger partial charge is 0.256 e. The van der Waals surface area contributed by atoms with Crippen molar-refractivity contribution in [2.24, 2.45) is 0 Å². The zero-order valence-corrected chi connectivity index (χ0v) is 12.4. The van der Waals surface area contributed by atoms with Gasteiger partial charge < -0.3 is 10.1 Å². The van der Waals surface area contributed by atoms with Crippen LogP contribution in [0.2, 0.25) is 5.15 Å². The molecule has 0 atom stereocenters. The summed E-state index contributed by atoms with van der Waals surface area (Å²) in [5, 5.41) is 2.92. The Labute approximate surface area is 128 Å². The number of unbranched alkanes of at least 4 members (excludes halogenated alkanes) is 1. The Balaban J connectivity index is 1.94. The minimum Gasteiger partial charge on any atom is -0.494 e. The highest BCUT2D eigenvalue weighted by Crippen LogP contribution is 2.14. The molecule has 0 radical (unpaired) electrons. The molecule has 0 saturated heterocycles. The van der Waals surface area contributed by atoms with E-state index in [4.69, 9.17) is 16.3 Å². The first-order valence-corrected chi connectivity index (χ1v) is 7.08. The van der Waals surface area contributed by atoms with E-state index < -0.39 is 0 Å². The number of nitrogens with zero attached hydrogens (tertiary/aromatic N) is 2. The monoisotopic (exact) mass is 305 g/mol. The summed E-state index contributed by atoms with van der Waals surface area (Å²) >= 11 is 5.63. The molecule has 1 aromatic carbocycles. The molecule has 1 heterocycles. The van der Waals surface area contributed by atoms with Crippen molar-refractivity contribution in [3.8, 4) is 5.75 Å². The van der Waals surface area contributed by atoms with Crippen molar-refractivity contribution in [3.05, 3.63) is 47.4 Å². The van der Waals surface area contributed by atoms with Gasteiger partial charge in [0.05, 0.1) is 19.0 Å². The summed E-state index contributed by atoms with van der Waals surface area (Å²) in [6.45, 7) is 2.79. The fraction of sp³-hybridized carbons (Fsp3) is 0.267. The Morgan fingerprint density at radius 1 is 1.24 bits per heavy atom. The highest BCUT2D eigenvalue weighted by molar-refractivity contribution is 6.29. The van der Waals surface area contributed by atoms with Crippen molar-refractivity contribution >= 4 is 23.3 Å². The Kier molecular flexibility index (Phi) is 5.51. The van der Waals surface area contributed by atoms with Gasteiger partial charge in [0.2, 0.25) is 0 Å². The van der Waals surface area contributed by atoms with Crippen LogP contribution in [0.3, 0.4) is 0 Å². The second kappa shape index (κ2) is 7.59. The predicted molar refractivity (Wildman–Crippen MR) is 81.8 cm³/mol. The van der Waals surface area contributed by atoms with Crippen LogP contribution in [0.4, 0.5) is 5.82 Å². The summed E-state index contributed by atoms with van der Waals surface area (Å²) < 4.78 is 5.54. The molecule has 1 aromatic heterocycles. The average molecular weight is 306 g/mol. The largest absolute Gasteiger partial charge is 0.494 e. The third-order valence-corrected chi connectivity index (χ3v) is 2.94. The average Bonchev–Trinajstić information content (AvgIpc) is 2.50. The summed E-state index contributed by atoms with van der Waals surface area (Å²) in [5.41, 5.74) is 0.523. The van der Waals surface area contributed by atoms with Gasteiger partial charge in [-0.2, -0.15) is 0 Å². The van der Waals surface area contributed by atoms with E-state index in [0.29, 0.717) is 18.0 Å². The van der Waals surface area contributed by atoms with Gasteiger partial charge in [-0.3, -0.25) is 4.79 Å². The molecule has 0 unspecified atom stereocenters. The van der Waals surface area contributed by atoms with Gasteiger partial charge in [0, 0.05) is 5.56 Å². The first kappa shape index (κ1) is 15.3. The second-order valence-electron chi connectivity index (χ2n) is 4.40. The van der Waals surface area contributed by atoms with Gasteiger partial charge in [-0.15, -0.1) is 0 Å². The number of halogens is 1. The first-order chi connectivity index (χ1) is 10.2. The minimum absolute atomic E-state index is 0.258. The maximum atomic E-state index is 12.0. The van der Waals surface area contributed by atoms with Gasteiger partial charge >= 0.3 is 0 Å². The van der Waals surface area contributed by atoms with Gasteiger partial charge in [-0.1, -0.05) is 24.9 Å². The van der Waals surface area contributed by atoms with Crippen molar-refractivity contribution in [1.29, 1.82) is 0 Å². The molecule has 2 aromatic rings. The number of benzene rings is 1. The lowest BCUT2D eigenvalue weighted by Gasteiger charge is -2.07. The molecule has 1 N–H and O–H groups in total. The van der Waals surface area contributed by atoms with Gasteiger partial charge in [0.25, 0.3) is 5.91 Å². The first-order valence-electron chi connectivity index (χ1n) is 6.71. The predicted octanol–water partition coefficient (Wildman–Crippen LogP) is 3.56. The van der Waals surface area contributed by atoms with Crippen LogP contribution >= 0.6 is 11.6 Å². The van der Waals surface area contributed by atoms with E-state index in [1.807, 2.05) is 0 Å². The SMILES string of the molecule is CCCCOc1ccc(C(=O)Nc2cnc(Cl)cn2)cc1. The van der Waals surface area contributed by atoms with Crippen molar-refractivity contribution < 1.29 is 9.53 Å². The molecule has 1 amide bonds. The molecule has 5 nitrogen and oxygen atoms in total. The van der Waals surface area contributed by atoms with E-state index in [-0.39, 0.29) is 11.1 Å². The number of aromatic nitrogens is 2. The zero-order valence-electron chi connectivity index (χ0n) is 11.7. The standard InChI is InChI=1S/C15H16ClN3O2/c1-2-3-8-21-12-6-4-11(5-7-12)15(20)19-14-10-17-13(16)9-18-14/h4-7,9-10H,2-3,8H2,1H3,(H,18,19,20). The van der Waals surface area contributed by atoms with Crippen molar-refractivity contribution in [2.75, 3.05) is 11.9 Å². The van der Waals surface area contributed by atoms with Crippen molar-refractivity contribution in [3.63, 3.8) is 0 Å². The van der Waals surface area contributed by atoms with Gasteiger partial charge in [-0.25, -0.2) is 9.97 Å². The number of carbonyl (C=O) groups is 1.